The lowest BCUT2D eigenvalue weighted by Crippen LogP contribution is -2.19. The Labute approximate surface area is 261 Å². The van der Waals surface area contributed by atoms with Crippen LogP contribution in [0, 0.1) is 6.92 Å². The van der Waals surface area contributed by atoms with Gasteiger partial charge in [-0.05, 0) is 47.9 Å². The highest BCUT2D eigenvalue weighted by molar-refractivity contribution is 7.09. The summed E-state index contributed by atoms with van der Waals surface area (Å²) in [6.07, 6.45) is 3.28. The van der Waals surface area contributed by atoms with Gasteiger partial charge in [0.2, 0.25) is 0 Å². The van der Waals surface area contributed by atoms with E-state index in [4.69, 9.17) is 25.4 Å². The van der Waals surface area contributed by atoms with Gasteiger partial charge in [-0.1, -0.05) is 105 Å². The van der Waals surface area contributed by atoms with Gasteiger partial charge < -0.3 is 25.4 Å². The number of aryl methyl sites for hydroxylation is 2. The molecule has 4 aromatic rings. The van der Waals surface area contributed by atoms with E-state index in [2.05, 4.69) is 22.1 Å². The lowest BCUT2D eigenvalue weighted by molar-refractivity contribution is -0.00160. The zero-order chi connectivity index (χ0) is 31.5. The number of aliphatic hydroxyl groups is 2. The highest BCUT2D eigenvalue weighted by atomic mass is 32.1. The van der Waals surface area contributed by atoms with Crippen LogP contribution in [0.4, 0.5) is 5.82 Å². The molecule has 1 aromatic heterocycles. The van der Waals surface area contributed by atoms with Crippen LogP contribution in [0.1, 0.15) is 47.5 Å². The highest BCUT2D eigenvalue weighted by Crippen LogP contribution is 2.14. The van der Waals surface area contributed by atoms with E-state index < -0.39 is 0 Å². The Balaban J connectivity index is 0.000000414. The molecular formula is C35H47N3O4S. The quantitative estimate of drug-likeness (QED) is 0.177. The van der Waals surface area contributed by atoms with E-state index in [-0.39, 0.29) is 19.3 Å². The molecule has 0 aliphatic rings. The molecule has 0 saturated heterocycles. The van der Waals surface area contributed by atoms with Crippen molar-refractivity contribution in [2.45, 2.75) is 59.5 Å². The van der Waals surface area contributed by atoms with Crippen LogP contribution in [0.15, 0.2) is 109 Å². The van der Waals surface area contributed by atoms with Gasteiger partial charge in [0.05, 0.1) is 38.2 Å². The average Bonchev–Trinajstić information content (AvgIpc) is 3.15. The first-order valence-electron chi connectivity index (χ1n) is 14.4. The Morgan fingerprint density at radius 1 is 0.767 bits per heavy atom. The molecule has 0 fully saturated rings. The first-order chi connectivity index (χ1) is 21.0. The SMILES string of the molecule is CC.COC(CCc1sccc(N)ncnc1C)COCc1ccccc1.OCc1ccccc1.OCc1ccccc1. The number of hydrogen-bond donors (Lipinski definition) is 3. The van der Waals surface area contributed by atoms with Gasteiger partial charge in [-0.15, -0.1) is 11.3 Å². The van der Waals surface area contributed by atoms with E-state index in [1.807, 2.05) is 105 Å². The number of anilines is 1. The summed E-state index contributed by atoms with van der Waals surface area (Å²) < 4.78 is 11.3. The summed E-state index contributed by atoms with van der Waals surface area (Å²) in [5, 5.41) is 19.0. The maximum Gasteiger partial charge on any atom is 0.125 e. The molecule has 43 heavy (non-hydrogen) atoms. The Kier molecular flexibility index (Phi) is 21.6. The Bertz CT molecular complexity index is 1220. The molecule has 3 aromatic carbocycles. The average molecular weight is 606 g/mol. The van der Waals surface area contributed by atoms with Crippen LogP contribution in [-0.4, -0.2) is 40.0 Å². The van der Waals surface area contributed by atoms with Gasteiger partial charge in [0.25, 0.3) is 0 Å². The zero-order valence-electron chi connectivity index (χ0n) is 25.8. The molecule has 0 bridgehead atoms. The van der Waals surface area contributed by atoms with E-state index >= 15 is 0 Å². The van der Waals surface area contributed by atoms with Crippen LogP contribution >= 0.6 is 11.3 Å². The van der Waals surface area contributed by atoms with Crippen LogP contribution < -0.4 is 5.73 Å². The lowest BCUT2D eigenvalue weighted by Gasteiger charge is -2.15. The fourth-order valence-electron chi connectivity index (χ4n) is 3.42. The van der Waals surface area contributed by atoms with Crippen molar-refractivity contribution in [1.82, 2.24) is 9.97 Å². The minimum Gasteiger partial charge on any atom is -0.392 e. The van der Waals surface area contributed by atoms with Crippen molar-refractivity contribution >= 4 is 17.2 Å². The number of benzene rings is 3. The molecule has 4 N–H and O–H groups in total. The van der Waals surface area contributed by atoms with Crippen LogP contribution in [0.5, 0.6) is 0 Å². The van der Waals surface area contributed by atoms with Crippen molar-refractivity contribution in [3.63, 3.8) is 0 Å². The third-order valence-electron chi connectivity index (χ3n) is 5.80. The van der Waals surface area contributed by atoms with Gasteiger partial charge in [-0.3, -0.25) is 0 Å². The maximum absolute atomic E-state index is 8.54. The Morgan fingerprint density at radius 2 is 1.28 bits per heavy atom. The molecule has 0 amide bonds. The Hall–Kier alpha value is -3.66. The van der Waals surface area contributed by atoms with Crippen molar-refractivity contribution in [1.29, 1.82) is 0 Å². The second-order valence-electron chi connectivity index (χ2n) is 8.91. The summed E-state index contributed by atoms with van der Waals surface area (Å²) in [4.78, 5) is 9.55. The fourth-order valence-corrected chi connectivity index (χ4v) is 4.25. The smallest absolute Gasteiger partial charge is 0.125 e. The topological polar surface area (TPSA) is 111 Å². The van der Waals surface area contributed by atoms with Crippen LogP contribution in [-0.2, 0) is 35.7 Å². The van der Waals surface area contributed by atoms with Crippen molar-refractivity contribution < 1.29 is 19.7 Å². The van der Waals surface area contributed by atoms with Gasteiger partial charge in [0.15, 0.2) is 0 Å². The number of nitrogen functional groups attached to an aromatic ring is 1. The molecule has 0 radical (unpaired) electrons. The van der Waals surface area contributed by atoms with Gasteiger partial charge in [-0.25, -0.2) is 9.97 Å². The van der Waals surface area contributed by atoms with E-state index in [0.717, 1.165) is 29.7 Å². The van der Waals surface area contributed by atoms with Gasteiger partial charge in [0.1, 0.15) is 12.1 Å². The normalized spacial score (nSPS) is 10.4. The molecule has 0 aliphatic heterocycles. The molecule has 0 aliphatic carbocycles. The monoisotopic (exact) mass is 605 g/mol. The molecule has 7 nitrogen and oxygen atoms in total. The largest absolute Gasteiger partial charge is 0.392 e. The maximum atomic E-state index is 8.54. The molecule has 8 heteroatoms. The summed E-state index contributed by atoms with van der Waals surface area (Å²) in [6, 6.07) is 31.0. The zero-order valence-corrected chi connectivity index (χ0v) is 26.6. The number of aromatic nitrogens is 2. The summed E-state index contributed by atoms with van der Waals surface area (Å²) in [7, 11) is 1.72. The first kappa shape index (κ1) is 37.4. The predicted molar refractivity (Wildman–Crippen MR) is 178 cm³/mol. The number of rotatable bonds is 10. The number of methoxy groups -OCH3 is 1. The van der Waals surface area contributed by atoms with E-state index in [1.54, 1.807) is 24.5 Å². The lowest BCUT2D eigenvalue weighted by atomic mass is 10.1. The molecule has 0 saturated carbocycles. The van der Waals surface area contributed by atoms with Crippen LogP contribution in [0.2, 0.25) is 0 Å². The second kappa shape index (κ2) is 24.9. The highest BCUT2D eigenvalue weighted by Gasteiger charge is 2.09. The van der Waals surface area contributed by atoms with E-state index in [9.17, 15) is 0 Å². The minimum atomic E-state index is 0.0477. The van der Waals surface area contributed by atoms with Crippen molar-refractivity contribution in [2.24, 2.45) is 0 Å². The summed E-state index contributed by atoms with van der Waals surface area (Å²) >= 11 is 1.62. The summed E-state index contributed by atoms with van der Waals surface area (Å²) in [5.41, 5.74) is 9.76. The second-order valence-corrected chi connectivity index (χ2v) is 9.91. The third kappa shape index (κ3) is 17.8. The fraction of sp³-hybridized carbons (Fsp3) is 0.314. The van der Waals surface area contributed by atoms with Crippen LogP contribution in [0.3, 0.4) is 0 Å². The van der Waals surface area contributed by atoms with Crippen molar-refractivity contribution in [3.05, 3.63) is 136 Å². The molecule has 1 heterocycles. The van der Waals surface area contributed by atoms with Gasteiger partial charge >= 0.3 is 0 Å². The first-order valence-corrected chi connectivity index (χ1v) is 15.3. The van der Waals surface area contributed by atoms with Crippen LogP contribution in [0.25, 0.3) is 0 Å². The molecule has 4 rings (SSSR count). The van der Waals surface area contributed by atoms with Gasteiger partial charge in [0, 0.05) is 12.0 Å². The molecule has 0 spiro atoms. The predicted octanol–water partition coefficient (Wildman–Crippen LogP) is 7.10. The summed E-state index contributed by atoms with van der Waals surface area (Å²) in [5.74, 6) is 0.453. The third-order valence-corrected chi connectivity index (χ3v) is 6.86. The number of nitrogens with zero attached hydrogens (tertiary/aromatic N) is 2. The van der Waals surface area contributed by atoms with E-state index in [0.29, 0.717) is 19.0 Å². The number of hydrogen-bond acceptors (Lipinski definition) is 8. The molecule has 1 atom stereocenters. The molecule has 232 valence electrons. The minimum absolute atomic E-state index is 0.0477. The van der Waals surface area contributed by atoms with Crippen molar-refractivity contribution in [2.75, 3.05) is 19.5 Å². The molecule has 1 unspecified atom stereocenters. The van der Waals surface area contributed by atoms with Crippen molar-refractivity contribution in [3.8, 4) is 0 Å². The number of aliphatic hydroxyl groups excluding tert-OH is 2. The summed E-state index contributed by atoms with van der Waals surface area (Å²) in [6.45, 7) is 7.43. The molecular weight excluding hydrogens is 558 g/mol. The Morgan fingerprint density at radius 3 is 1.74 bits per heavy atom. The standard InChI is InChI=1S/C19H25N3O2S.2C7H8O.C2H6/c1-15-18(25-11-10-19(20)22-14-21-15)9-8-17(23-2)13-24-12-16-6-4-3-5-7-16;2*8-6-7-4-2-1-3-5-7;1-2/h3-7,10-11,14,17H,8-9,12-13H2,1-2H3,(H2,20,21,22);2*1-5,8H,6H2;1-2H3. The number of ether oxygens (including phenoxy) is 2. The van der Waals surface area contributed by atoms with E-state index in [1.165, 1.54) is 16.8 Å². The number of nitrogens with two attached hydrogens (primary N) is 1. The van der Waals surface area contributed by atoms with Gasteiger partial charge in [-0.2, -0.15) is 0 Å².